The van der Waals surface area contributed by atoms with E-state index in [1.165, 1.54) is 12.5 Å². The first-order valence-electron chi connectivity index (χ1n) is 8.42. The number of piperidine rings is 1. The molecule has 0 aromatic carbocycles. The van der Waals surface area contributed by atoms with Gasteiger partial charge in [0.2, 0.25) is 0 Å². The summed E-state index contributed by atoms with van der Waals surface area (Å²) in [5.74, 6) is 1.91. The smallest absolute Gasteiger partial charge is 0.251 e. The topological polar surface area (TPSA) is 66.8 Å². The predicted molar refractivity (Wildman–Crippen MR) is 89.5 cm³/mol. The van der Waals surface area contributed by atoms with Crippen LogP contribution in [0.4, 0.5) is 0 Å². The Kier molecular flexibility index (Phi) is 4.61. The van der Waals surface area contributed by atoms with E-state index in [1.54, 1.807) is 0 Å². The molecule has 0 amide bonds. The van der Waals surface area contributed by atoms with Gasteiger partial charge in [-0.1, -0.05) is 6.92 Å². The number of aromatic nitrogens is 4. The molecule has 6 nitrogen and oxygen atoms in total. The lowest BCUT2D eigenvalue weighted by molar-refractivity contribution is 0.128. The number of aryl methyl sites for hydroxylation is 2. The SMILES string of the molecule is CCc1nccn1[C@@H]1CCCN([C@@H](C)c2nc(C)cc(=O)[nH]2)C1. The number of imidazole rings is 1. The average Bonchev–Trinajstić information content (AvgIpc) is 3.02. The van der Waals surface area contributed by atoms with Crippen LogP contribution in [-0.4, -0.2) is 37.5 Å². The summed E-state index contributed by atoms with van der Waals surface area (Å²) >= 11 is 0. The highest BCUT2D eigenvalue weighted by molar-refractivity contribution is 5.04. The van der Waals surface area contributed by atoms with Crippen LogP contribution in [0.2, 0.25) is 0 Å². The number of aromatic amines is 1. The van der Waals surface area contributed by atoms with Crippen molar-refractivity contribution in [1.29, 1.82) is 0 Å². The molecular weight excluding hydrogens is 290 g/mol. The summed E-state index contributed by atoms with van der Waals surface area (Å²) in [6.07, 6.45) is 7.24. The van der Waals surface area contributed by atoms with E-state index in [1.807, 2.05) is 13.1 Å². The minimum absolute atomic E-state index is 0.0733. The van der Waals surface area contributed by atoms with Crippen LogP contribution in [0, 0.1) is 6.92 Å². The van der Waals surface area contributed by atoms with Gasteiger partial charge in [-0.15, -0.1) is 0 Å². The summed E-state index contributed by atoms with van der Waals surface area (Å²) in [7, 11) is 0. The van der Waals surface area contributed by atoms with Crippen molar-refractivity contribution in [3.05, 3.63) is 46.2 Å². The van der Waals surface area contributed by atoms with Crippen molar-refractivity contribution in [3.63, 3.8) is 0 Å². The molecule has 1 saturated heterocycles. The molecule has 2 aromatic heterocycles. The molecule has 1 aliphatic heterocycles. The molecule has 0 aliphatic carbocycles. The van der Waals surface area contributed by atoms with E-state index in [0.717, 1.165) is 43.3 Å². The van der Waals surface area contributed by atoms with Gasteiger partial charge in [0.1, 0.15) is 11.6 Å². The van der Waals surface area contributed by atoms with E-state index in [9.17, 15) is 4.79 Å². The van der Waals surface area contributed by atoms with Crippen LogP contribution >= 0.6 is 0 Å². The van der Waals surface area contributed by atoms with Gasteiger partial charge in [-0.2, -0.15) is 0 Å². The van der Waals surface area contributed by atoms with Crippen LogP contribution in [0.1, 0.15) is 56.1 Å². The monoisotopic (exact) mass is 315 g/mol. The van der Waals surface area contributed by atoms with Crippen LogP contribution in [0.15, 0.2) is 23.3 Å². The number of hydrogen-bond acceptors (Lipinski definition) is 4. The Morgan fingerprint density at radius 2 is 2.30 bits per heavy atom. The van der Waals surface area contributed by atoms with Gasteiger partial charge in [0.05, 0.1) is 6.04 Å². The van der Waals surface area contributed by atoms with Crippen LogP contribution in [0.5, 0.6) is 0 Å². The van der Waals surface area contributed by atoms with Gasteiger partial charge in [0, 0.05) is 43.2 Å². The average molecular weight is 315 g/mol. The molecule has 6 heteroatoms. The van der Waals surface area contributed by atoms with E-state index in [2.05, 4.69) is 44.5 Å². The molecule has 23 heavy (non-hydrogen) atoms. The second-order valence-corrected chi connectivity index (χ2v) is 6.34. The van der Waals surface area contributed by atoms with E-state index in [4.69, 9.17) is 0 Å². The molecular formula is C17H25N5O. The quantitative estimate of drug-likeness (QED) is 0.939. The molecule has 1 fully saturated rings. The lowest BCUT2D eigenvalue weighted by Crippen LogP contribution is -2.39. The third-order valence-corrected chi connectivity index (χ3v) is 4.72. The number of likely N-dealkylation sites (tertiary alicyclic amines) is 1. The van der Waals surface area contributed by atoms with Gasteiger partial charge in [-0.25, -0.2) is 9.97 Å². The number of rotatable bonds is 4. The Bertz CT molecular complexity index is 720. The lowest BCUT2D eigenvalue weighted by Gasteiger charge is -2.37. The first-order chi connectivity index (χ1) is 11.1. The molecule has 1 aliphatic rings. The summed E-state index contributed by atoms with van der Waals surface area (Å²) in [6, 6.07) is 2.09. The van der Waals surface area contributed by atoms with Crippen molar-refractivity contribution in [3.8, 4) is 0 Å². The first-order valence-corrected chi connectivity index (χ1v) is 8.42. The summed E-state index contributed by atoms with van der Waals surface area (Å²) < 4.78 is 2.31. The lowest BCUT2D eigenvalue weighted by atomic mass is 10.0. The van der Waals surface area contributed by atoms with Gasteiger partial charge in [-0.05, 0) is 33.2 Å². The zero-order valence-electron chi connectivity index (χ0n) is 14.1. The summed E-state index contributed by atoms with van der Waals surface area (Å²) in [5.41, 5.74) is 0.697. The highest BCUT2D eigenvalue weighted by atomic mass is 16.1. The van der Waals surface area contributed by atoms with Crippen molar-refractivity contribution >= 4 is 0 Å². The van der Waals surface area contributed by atoms with Crippen LogP contribution in [0.25, 0.3) is 0 Å². The normalized spacial score (nSPS) is 20.6. The van der Waals surface area contributed by atoms with Gasteiger partial charge >= 0.3 is 0 Å². The van der Waals surface area contributed by atoms with E-state index in [0.29, 0.717) is 6.04 Å². The largest absolute Gasteiger partial charge is 0.331 e. The Morgan fingerprint density at radius 1 is 1.48 bits per heavy atom. The van der Waals surface area contributed by atoms with E-state index >= 15 is 0 Å². The second kappa shape index (κ2) is 6.66. The van der Waals surface area contributed by atoms with Crippen LogP contribution < -0.4 is 5.56 Å². The Balaban J connectivity index is 1.79. The minimum Gasteiger partial charge on any atom is -0.331 e. The maximum Gasteiger partial charge on any atom is 0.251 e. The summed E-state index contributed by atoms with van der Waals surface area (Å²) in [5, 5.41) is 0. The standard InChI is InChI=1S/C17H25N5O/c1-4-15-18-7-9-22(15)14-6-5-8-21(11-14)13(3)17-19-12(2)10-16(23)20-17/h7,9-10,13-14H,4-6,8,11H2,1-3H3,(H,19,20,23)/t13-,14+/m0/s1. The highest BCUT2D eigenvalue weighted by Crippen LogP contribution is 2.28. The van der Waals surface area contributed by atoms with E-state index in [-0.39, 0.29) is 11.6 Å². The number of H-pyrrole nitrogens is 1. The second-order valence-electron chi connectivity index (χ2n) is 6.34. The summed E-state index contributed by atoms with van der Waals surface area (Å²) in [6.45, 7) is 8.12. The molecule has 124 valence electrons. The zero-order valence-corrected chi connectivity index (χ0v) is 14.1. The number of hydrogen-bond donors (Lipinski definition) is 1. The fraction of sp³-hybridized carbons (Fsp3) is 0.588. The van der Waals surface area contributed by atoms with Crippen molar-refractivity contribution in [2.24, 2.45) is 0 Å². The number of nitrogens with one attached hydrogen (secondary N) is 1. The molecule has 3 heterocycles. The third-order valence-electron chi connectivity index (χ3n) is 4.72. The highest BCUT2D eigenvalue weighted by Gasteiger charge is 2.27. The Labute approximate surface area is 136 Å². The molecule has 2 aromatic rings. The molecule has 1 N–H and O–H groups in total. The maximum atomic E-state index is 11.7. The van der Waals surface area contributed by atoms with Crippen molar-refractivity contribution in [2.45, 2.75) is 52.1 Å². The summed E-state index contributed by atoms with van der Waals surface area (Å²) in [4.78, 5) is 26.0. The van der Waals surface area contributed by atoms with Gasteiger partial charge in [0.25, 0.3) is 5.56 Å². The van der Waals surface area contributed by atoms with Gasteiger partial charge in [0.15, 0.2) is 0 Å². The van der Waals surface area contributed by atoms with Gasteiger partial charge < -0.3 is 9.55 Å². The molecule has 0 radical (unpaired) electrons. The molecule has 0 unspecified atom stereocenters. The maximum absolute atomic E-state index is 11.7. The molecule has 2 atom stereocenters. The molecule has 0 saturated carbocycles. The van der Waals surface area contributed by atoms with Crippen molar-refractivity contribution in [1.82, 2.24) is 24.4 Å². The van der Waals surface area contributed by atoms with Gasteiger partial charge in [-0.3, -0.25) is 9.69 Å². The van der Waals surface area contributed by atoms with Crippen LogP contribution in [0.3, 0.4) is 0 Å². The first kappa shape index (κ1) is 15.9. The number of nitrogens with zero attached hydrogens (tertiary/aromatic N) is 4. The van der Waals surface area contributed by atoms with Crippen molar-refractivity contribution in [2.75, 3.05) is 13.1 Å². The third kappa shape index (κ3) is 3.37. The van der Waals surface area contributed by atoms with E-state index < -0.39 is 0 Å². The molecule has 3 rings (SSSR count). The predicted octanol–water partition coefficient (Wildman–Crippen LogP) is 2.24. The zero-order chi connectivity index (χ0) is 16.4. The molecule has 0 bridgehead atoms. The fourth-order valence-electron chi connectivity index (χ4n) is 3.49. The minimum atomic E-state index is -0.0733. The van der Waals surface area contributed by atoms with Crippen molar-refractivity contribution < 1.29 is 0 Å². The Hall–Kier alpha value is -1.95. The Morgan fingerprint density at radius 3 is 3.04 bits per heavy atom. The van der Waals surface area contributed by atoms with Crippen LogP contribution in [-0.2, 0) is 6.42 Å². The molecule has 0 spiro atoms. The fourth-order valence-corrected chi connectivity index (χ4v) is 3.49.